The molecule has 1 amide bonds. The Morgan fingerprint density at radius 3 is 2.79 bits per heavy atom. The minimum absolute atomic E-state index is 0.0494. The largest absolute Gasteiger partial charge is 0.338 e. The van der Waals surface area contributed by atoms with Gasteiger partial charge in [0.25, 0.3) is 5.56 Å². The number of aromatic amines is 1. The molecule has 0 aliphatic carbocycles. The van der Waals surface area contributed by atoms with Crippen LogP contribution in [-0.4, -0.2) is 22.3 Å². The van der Waals surface area contributed by atoms with Gasteiger partial charge < -0.3 is 9.88 Å². The van der Waals surface area contributed by atoms with Crippen molar-refractivity contribution in [2.75, 3.05) is 6.54 Å². The summed E-state index contributed by atoms with van der Waals surface area (Å²) in [5, 5.41) is 1.06. The Labute approximate surface area is 111 Å². The summed E-state index contributed by atoms with van der Waals surface area (Å²) < 4.78 is 0. The minimum Gasteiger partial charge on any atom is -0.338 e. The number of pyridine rings is 1. The molecule has 1 aliphatic heterocycles. The van der Waals surface area contributed by atoms with E-state index >= 15 is 0 Å². The van der Waals surface area contributed by atoms with E-state index in [9.17, 15) is 9.59 Å². The molecule has 0 bridgehead atoms. The number of carbonyl (C=O) groups is 1. The summed E-state index contributed by atoms with van der Waals surface area (Å²) >= 11 is 0. The lowest BCUT2D eigenvalue weighted by Gasteiger charge is -2.28. The Bertz CT molecular complexity index is 731. The summed E-state index contributed by atoms with van der Waals surface area (Å²) in [5.74, 6) is 0.100. The number of nitrogens with zero attached hydrogens (tertiary/aromatic N) is 1. The zero-order chi connectivity index (χ0) is 13.6. The number of nitrogens with one attached hydrogen (secondary N) is 1. The van der Waals surface area contributed by atoms with Crippen LogP contribution in [0.2, 0.25) is 0 Å². The van der Waals surface area contributed by atoms with Gasteiger partial charge in [0.05, 0.1) is 0 Å². The highest BCUT2D eigenvalue weighted by Crippen LogP contribution is 2.24. The fraction of sp³-hybridized carbons (Fsp3) is 0.333. The summed E-state index contributed by atoms with van der Waals surface area (Å²) in [6.07, 6.45) is 0.878. The fourth-order valence-corrected chi connectivity index (χ4v) is 2.64. The molecule has 1 aromatic heterocycles. The van der Waals surface area contributed by atoms with Crippen molar-refractivity contribution in [2.45, 2.75) is 26.8 Å². The first-order valence-electron chi connectivity index (χ1n) is 6.45. The van der Waals surface area contributed by atoms with Crippen LogP contribution in [0.5, 0.6) is 0 Å². The summed E-state index contributed by atoms with van der Waals surface area (Å²) in [4.78, 5) is 27.8. The summed E-state index contributed by atoms with van der Waals surface area (Å²) in [6, 6.07) is 6.05. The molecule has 1 aromatic carbocycles. The van der Waals surface area contributed by atoms with E-state index in [1.807, 2.05) is 24.0 Å². The average molecular weight is 256 g/mol. The molecule has 0 atom stereocenters. The van der Waals surface area contributed by atoms with Crippen LogP contribution in [-0.2, 0) is 17.8 Å². The number of carbonyl (C=O) groups excluding carboxylic acids is 1. The van der Waals surface area contributed by atoms with Crippen molar-refractivity contribution >= 4 is 16.8 Å². The van der Waals surface area contributed by atoms with Crippen LogP contribution in [0.4, 0.5) is 0 Å². The number of amides is 1. The van der Waals surface area contributed by atoms with E-state index in [0.717, 1.165) is 35.0 Å². The molecule has 2 aromatic rings. The lowest BCUT2D eigenvalue weighted by Crippen LogP contribution is -2.34. The second kappa shape index (κ2) is 4.23. The Morgan fingerprint density at radius 1 is 1.26 bits per heavy atom. The van der Waals surface area contributed by atoms with Gasteiger partial charge in [-0.05, 0) is 48.1 Å². The van der Waals surface area contributed by atoms with E-state index in [2.05, 4.69) is 11.1 Å². The van der Waals surface area contributed by atoms with Gasteiger partial charge in [0.2, 0.25) is 5.91 Å². The van der Waals surface area contributed by atoms with E-state index in [-0.39, 0.29) is 11.5 Å². The Hall–Kier alpha value is -2.10. The SMILES string of the molecule is CC(=O)N1CCc2cc3cc(C)c(=O)[nH]c3cc2C1. The number of hydrogen-bond donors (Lipinski definition) is 1. The Balaban J connectivity index is 2.13. The standard InChI is InChI=1S/C15H16N2O2/c1-9-5-12-6-11-3-4-17(10(2)18)8-13(11)7-14(12)16-15(9)19/h5-7H,3-4,8H2,1-2H3,(H,16,19). The van der Waals surface area contributed by atoms with Crippen LogP contribution in [0.3, 0.4) is 0 Å². The van der Waals surface area contributed by atoms with Crippen LogP contribution >= 0.6 is 0 Å². The summed E-state index contributed by atoms with van der Waals surface area (Å²) in [6.45, 7) is 4.82. The number of benzene rings is 1. The van der Waals surface area contributed by atoms with Gasteiger partial charge in [0, 0.05) is 31.1 Å². The normalized spacial score (nSPS) is 14.5. The highest BCUT2D eigenvalue weighted by atomic mass is 16.2. The molecule has 1 aliphatic rings. The molecule has 0 radical (unpaired) electrons. The van der Waals surface area contributed by atoms with Gasteiger partial charge in [0.15, 0.2) is 0 Å². The highest BCUT2D eigenvalue weighted by Gasteiger charge is 2.18. The summed E-state index contributed by atoms with van der Waals surface area (Å²) in [7, 11) is 0. The van der Waals surface area contributed by atoms with Crippen molar-refractivity contribution in [3.8, 4) is 0 Å². The van der Waals surface area contributed by atoms with Gasteiger partial charge in [0.1, 0.15) is 0 Å². The van der Waals surface area contributed by atoms with Crippen molar-refractivity contribution in [3.63, 3.8) is 0 Å². The second-order valence-electron chi connectivity index (χ2n) is 5.18. The van der Waals surface area contributed by atoms with Crippen molar-refractivity contribution < 1.29 is 4.79 Å². The van der Waals surface area contributed by atoms with Gasteiger partial charge in [-0.15, -0.1) is 0 Å². The van der Waals surface area contributed by atoms with Crippen molar-refractivity contribution in [2.24, 2.45) is 0 Å². The topological polar surface area (TPSA) is 53.2 Å². The fourth-order valence-electron chi connectivity index (χ4n) is 2.64. The first-order valence-corrected chi connectivity index (χ1v) is 6.45. The van der Waals surface area contributed by atoms with E-state index < -0.39 is 0 Å². The molecule has 0 saturated carbocycles. The van der Waals surface area contributed by atoms with Gasteiger partial charge in [-0.2, -0.15) is 0 Å². The van der Waals surface area contributed by atoms with E-state index in [0.29, 0.717) is 6.54 Å². The Kier molecular flexibility index (Phi) is 2.66. The molecule has 4 heteroatoms. The number of H-pyrrole nitrogens is 1. The maximum atomic E-state index is 11.7. The summed E-state index contributed by atoms with van der Waals surface area (Å²) in [5.41, 5.74) is 3.94. The molecule has 19 heavy (non-hydrogen) atoms. The van der Waals surface area contributed by atoms with Gasteiger partial charge in [-0.25, -0.2) is 0 Å². The average Bonchev–Trinajstić information content (AvgIpc) is 2.37. The second-order valence-corrected chi connectivity index (χ2v) is 5.18. The lowest BCUT2D eigenvalue weighted by molar-refractivity contribution is -0.129. The van der Waals surface area contributed by atoms with E-state index in [1.165, 1.54) is 5.56 Å². The third-order valence-corrected chi connectivity index (χ3v) is 3.81. The lowest BCUT2D eigenvalue weighted by atomic mass is 9.97. The molecule has 98 valence electrons. The number of aromatic nitrogens is 1. The van der Waals surface area contributed by atoms with Crippen LogP contribution in [0.1, 0.15) is 23.6 Å². The smallest absolute Gasteiger partial charge is 0.251 e. The molecular weight excluding hydrogens is 240 g/mol. The van der Waals surface area contributed by atoms with Crippen molar-refractivity contribution in [1.82, 2.24) is 9.88 Å². The molecule has 0 spiro atoms. The van der Waals surface area contributed by atoms with Gasteiger partial charge in [-0.3, -0.25) is 9.59 Å². The molecular formula is C15H16N2O2. The molecule has 0 fully saturated rings. The highest BCUT2D eigenvalue weighted by molar-refractivity contribution is 5.81. The third kappa shape index (κ3) is 2.03. The number of fused-ring (bicyclic) bond motifs is 2. The predicted octanol–water partition coefficient (Wildman–Crippen LogP) is 1.74. The van der Waals surface area contributed by atoms with Gasteiger partial charge in [-0.1, -0.05) is 0 Å². The first kappa shape index (κ1) is 12.0. The predicted molar refractivity (Wildman–Crippen MR) is 74.1 cm³/mol. The number of rotatable bonds is 0. The van der Waals surface area contributed by atoms with Crippen LogP contribution in [0.15, 0.2) is 23.0 Å². The number of hydrogen-bond acceptors (Lipinski definition) is 2. The third-order valence-electron chi connectivity index (χ3n) is 3.81. The molecule has 2 heterocycles. The number of aryl methyl sites for hydroxylation is 1. The van der Waals surface area contributed by atoms with Crippen LogP contribution < -0.4 is 5.56 Å². The van der Waals surface area contributed by atoms with Crippen molar-refractivity contribution in [1.29, 1.82) is 0 Å². The molecule has 3 rings (SSSR count). The molecule has 4 nitrogen and oxygen atoms in total. The maximum Gasteiger partial charge on any atom is 0.251 e. The first-order chi connectivity index (χ1) is 9.04. The zero-order valence-electron chi connectivity index (χ0n) is 11.1. The van der Waals surface area contributed by atoms with Crippen LogP contribution in [0.25, 0.3) is 10.9 Å². The molecule has 0 saturated heterocycles. The van der Waals surface area contributed by atoms with Crippen molar-refractivity contribution in [3.05, 3.63) is 45.2 Å². The molecule has 0 unspecified atom stereocenters. The van der Waals surface area contributed by atoms with Crippen LogP contribution in [0, 0.1) is 6.92 Å². The Morgan fingerprint density at radius 2 is 2.05 bits per heavy atom. The molecule has 1 N–H and O–H groups in total. The van der Waals surface area contributed by atoms with E-state index in [4.69, 9.17) is 0 Å². The van der Waals surface area contributed by atoms with Gasteiger partial charge >= 0.3 is 0 Å². The van der Waals surface area contributed by atoms with E-state index in [1.54, 1.807) is 6.92 Å². The monoisotopic (exact) mass is 256 g/mol. The maximum absolute atomic E-state index is 11.7. The zero-order valence-corrected chi connectivity index (χ0v) is 11.1. The minimum atomic E-state index is -0.0494. The quantitative estimate of drug-likeness (QED) is 0.780.